The maximum absolute atomic E-state index is 11.5. The minimum absolute atomic E-state index is 0.0284. The second-order valence-corrected chi connectivity index (χ2v) is 7.17. The van der Waals surface area contributed by atoms with Crippen LogP contribution in [0.15, 0.2) is 0 Å². The van der Waals surface area contributed by atoms with Crippen molar-refractivity contribution >= 4 is 22.6 Å². The highest BCUT2D eigenvalue weighted by Crippen LogP contribution is 2.13. The standard InChI is InChI=1S/C9H20OS2/c1-9(2,3)12(10)8-6-5-7-11-4/h5-8H2,1-4H3. The first-order valence-corrected chi connectivity index (χ1v) is 7.07. The molecule has 0 fully saturated rings. The third-order valence-electron chi connectivity index (χ3n) is 1.61. The van der Waals surface area contributed by atoms with Crippen molar-refractivity contribution in [3.8, 4) is 0 Å². The van der Waals surface area contributed by atoms with E-state index in [1.54, 1.807) is 0 Å². The Hall–Kier alpha value is 0.500. The van der Waals surface area contributed by atoms with Gasteiger partial charge in [0, 0.05) is 21.3 Å². The zero-order valence-corrected chi connectivity index (χ0v) is 10.2. The molecule has 0 radical (unpaired) electrons. The summed E-state index contributed by atoms with van der Waals surface area (Å²) in [6.07, 6.45) is 4.41. The minimum atomic E-state index is -0.650. The molecule has 3 heteroatoms. The fraction of sp³-hybridized carbons (Fsp3) is 1.00. The van der Waals surface area contributed by atoms with Crippen molar-refractivity contribution in [2.45, 2.75) is 38.4 Å². The molecule has 0 N–H and O–H groups in total. The number of thioether (sulfide) groups is 1. The topological polar surface area (TPSA) is 17.1 Å². The summed E-state index contributed by atoms with van der Waals surface area (Å²) >= 11 is 1.86. The summed E-state index contributed by atoms with van der Waals surface area (Å²) in [6.45, 7) is 6.12. The molecule has 74 valence electrons. The molecule has 1 nitrogen and oxygen atoms in total. The van der Waals surface area contributed by atoms with E-state index in [1.807, 2.05) is 32.5 Å². The highest BCUT2D eigenvalue weighted by atomic mass is 32.2. The van der Waals surface area contributed by atoms with Crippen LogP contribution >= 0.6 is 11.8 Å². The third-order valence-corrected chi connectivity index (χ3v) is 4.33. The lowest BCUT2D eigenvalue weighted by Gasteiger charge is -2.17. The van der Waals surface area contributed by atoms with Crippen LogP contribution < -0.4 is 0 Å². The second-order valence-electron chi connectivity index (χ2n) is 3.86. The van der Waals surface area contributed by atoms with Crippen molar-refractivity contribution in [1.29, 1.82) is 0 Å². The van der Waals surface area contributed by atoms with Crippen LogP contribution in [0.25, 0.3) is 0 Å². The summed E-state index contributed by atoms with van der Waals surface area (Å²) in [7, 11) is -0.650. The summed E-state index contributed by atoms with van der Waals surface area (Å²) in [5.41, 5.74) is 0. The second kappa shape index (κ2) is 6.03. The number of hydrogen-bond acceptors (Lipinski definition) is 2. The van der Waals surface area contributed by atoms with Crippen LogP contribution in [0.4, 0.5) is 0 Å². The van der Waals surface area contributed by atoms with Crippen molar-refractivity contribution < 1.29 is 4.21 Å². The van der Waals surface area contributed by atoms with E-state index in [0.29, 0.717) is 0 Å². The van der Waals surface area contributed by atoms with Gasteiger partial charge in [0.05, 0.1) is 0 Å². The van der Waals surface area contributed by atoms with Gasteiger partial charge in [0.15, 0.2) is 0 Å². The van der Waals surface area contributed by atoms with Crippen LogP contribution in [0.2, 0.25) is 0 Å². The van der Waals surface area contributed by atoms with Crippen LogP contribution in [0.3, 0.4) is 0 Å². The maximum atomic E-state index is 11.5. The lowest BCUT2D eigenvalue weighted by atomic mass is 10.3. The van der Waals surface area contributed by atoms with E-state index < -0.39 is 10.8 Å². The van der Waals surface area contributed by atoms with Gasteiger partial charge in [-0.1, -0.05) is 0 Å². The molecule has 12 heavy (non-hydrogen) atoms. The first kappa shape index (κ1) is 12.5. The van der Waals surface area contributed by atoms with Gasteiger partial charge in [-0.25, -0.2) is 0 Å². The summed E-state index contributed by atoms with van der Waals surface area (Å²) in [5.74, 6) is 2.06. The van der Waals surface area contributed by atoms with Gasteiger partial charge in [-0.2, -0.15) is 11.8 Å². The predicted molar refractivity (Wildman–Crippen MR) is 60.4 cm³/mol. The summed E-state index contributed by atoms with van der Waals surface area (Å²) < 4.78 is 11.5. The van der Waals surface area contributed by atoms with Crippen molar-refractivity contribution in [1.82, 2.24) is 0 Å². The Balaban J connectivity index is 3.45. The Morgan fingerprint density at radius 3 is 2.25 bits per heavy atom. The van der Waals surface area contributed by atoms with E-state index in [1.165, 1.54) is 12.2 Å². The molecular weight excluding hydrogens is 188 g/mol. The van der Waals surface area contributed by atoms with Crippen molar-refractivity contribution in [3.05, 3.63) is 0 Å². The molecule has 0 aliphatic heterocycles. The maximum Gasteiger partial charge on any atom is 0.0375 e. The first-order chi connectivity index (χ1) is 5.48. The number of unbranched alkanes of at least 4 members (excludes halogenated alkanes) is 1. The van der Waals surface area contributed by atoms with Crippen molar-refractivity contribution in [3.63, 3.8) is 0 Å². The fourth-order valence-electron chi connectivity index (χ4n) is 0.786. The smallest absolute Gasteiger partial charge is 0.0375 e. The van der Waals surface area contributed by atoms with Gasteiger partial charge in [-0.05, 0) is 45.6 Å². The van der Waals surface area contributed by atoms with Gasteiger partial charge in [0.25, 0.3) is 0 Å². The van der Waals surface area contributed by atoms with E-state index in [9.17, 15) is 4.21 Å². The third kappa shape index (κ3) is 6.06. The van der Waals surface area contributed by atoms with Gasteiger partial charge in [-0.15, -0.1) is 0 Å². The predicted octanol–water partition coefficient (Wildman–Crippen LogP) is 2.68. The molecule has 0 heterocycles. The minimum Gasteiger partial charge on any atom is -0.259 e. The van der Waals surface area contributed by atoms with Crippen LogP contribution in [0, 0.1) is 0 Å². The van der Waals surface area contributed by atoms with E-state index in [2.05, 4.69) is 6.26 Å². The molecule has 0 spiro atoms. The Kier molecular flexibility index (Phi) is 6.28. The van der Waals surface area contributed by atoms with Gasteiger partial charge < -0.3 is 0 Å². The molecule has 0 bridgehead atoms. The molecule has 1 atom stereocenters. The van der Waals surface area contributed by atoms with Crippen LogP contribution in [-0.2, 0) is 10.8 Å². The lowest BCUT2D eigenvalue weighted by Crippen LogP contribution is -2.24. The van der Waals surface area contributed by atoms with E-state index >= 15 is 0 Å². The molecule has 0 aromatic heterocycles. The summed E-state index contributed by atoms with van der Waals surface area (Å²) in [4.78, 5) is 0. The van der Waals surface area contributed by atoms with Crippen molar-refractivity contribution in [2.75, 3.05) is 17.8 Å². The lowest BCUT2D eigenvalue weighted by molar-refractivity contribution is 0.645. The zero-order valence-electron chi connectivity index (χ0n) is 8.55. The fourth-order valence-corrected chi connectivity index (χ4v) is 2.36. The molecule has 0 aromatic carbocycles. The van der Waals surface area contributed by atoms with E-state index in [-0.39, 0.29) is 4.75 Å². The largest absolute Gasteiger partial charge is 0.259 e. The Morgan fingerprint density at radius 1 is 1.25 bits per heavy atom. The average molecular weight is 208 g/mol. The van der Waals surface area contributed by atoms with Crippen LogP contribution in [0.1, 0.15) is 33.6 Å². The van der Waals surface area contributed by atoms with Gasteiger partial charge in [-0.3, -0.25) is 4.21 Å². The Labute approximate surface area is 83.2 Å². The normalized spacial score (nSPS) is 14.7. The highest BCUT2D eigenvalue weighted by molar-refractivity contribution is 7.98. The monoisotopic (exact) mass is 208 g/mol. The van der Waals surface area contributed by atoms with Crippen molar-refractivity contribution in [2.24, 2.45) is 0 Å². The molecule has 0 rings (SSSR count). The van der Waals surface area contributed by atoms with E-state index in [4.69, 9.17) is 0 Å². The Bertz CT molecular complexity index is 138. The first-order valence-electron chi connectivity index (χ1n) is 4.36. The molecule has 0 aliphatic rings. The quantitative estimate of drug-likeness (QED) is 0.646. The van der Waals surface area contributed by atoms with E-state index in [0.717, 1.165) is 12.2 Å². The van der Waals surface area contributed by atoms with Gasteiger partial charge in [0.2, 0.25) is 0 Å². The average Bonchev–Trinajstić information content (AvgIpc) is 1.96. The van der Waals surface area contributed by atoms with Crippen LogP contribution in [0.5, 0.6) is 0 Å². The Morgan fingerprint density at radius 2 is 1.83 bits per heavy atom. The molecule has 0 aromatic rings. The molecule has 0 saturated heterocycles. The SMILES string of the molecule is CSCCCCS(=O)C(C)(C)C. The summed E-state index contributed by atoms with van der Waals surface area (Å²) in [6, 6.07) is 0. The highest BCUT2D eigenvalue weighted by Gasteiger charge is 2.18. The molecular formula is C9H20OS2. The van der Waals surface area contributed by atoms with Gasteiger partial charge in [0.1, 0.15) is 0 Å². The number of rotatable bonds is 5. The molecule has 0 saturated carbocycles. The molecule has 1 unspecified atom stereocenters. The zero-order chi connectivity index (χ0) is 9.61. The molecule has 0 amide bonds. The van der Waals surface area contributed by atoms with Gasteiger partial charge >= 0.3 is 0 Å². The van der Waals surface area contributed by atoms with Crippen LogP contribution in [-0.4, -0.2) is 26.7 Å². The number of hydrogen-bond donors (Lipinski definition) is 0. The summed E-state index contributed by atoms with van der Waals surface area (Å²) in [5, 5.41) is 0. The molecule has 0 aliphatic carbocycles.